The van der Waals surface area contributed by atoms with Crippen LogP contribution in [-0.2, 0) is 9.53 Å². The van der Waals surface area contributed by atoms with Gasteiger partial charge >= 0.3 is 5.97 Å². The lowest BCUT2D eigenvalue weighted by atomic mass is 9.79. The fourth-order valence-corrected chi connectivity index (χ4v) is 1.86. The third-order valence-corrected chi connectivity index (χ3v) is 4.95. The minimum atomic E-state index is -0.465. The number of hydrogen-bond donors (Lipinski definition) is 0. The molecule has 0 aliphatic carbocycles. The maximum Gasteiger partial charge on any atom is 0.331 e. The van der Waals surface area contributed by atoms with E-state index in [9.17, 15) is 4.79 Å². The highest BCUT2D eigenvalue weighted by Gasteiger charge is 2.39. The van der Waals surface area contributed by atoms with Gasteiger partial charge in [-0.25, -0.2) is 4.79 Å². The molecule has 0 saturated carbocycles. The Kier molecular flexibility index (Phi) is 6.69. The molecule has 0 aromatic heterocycles. The number of nitrogens with zero attached hydrogens (tertiary/aromatic N) is 1. The Balaban J connectivity index is 4.43. The molecule has 0 aromatic carbocycles. The van der Waals surface area contributed by atoms with E-state index in [1.54, 1.807) is 0 Å². The number of esters is 1. The zero-order chi connectivity index (χ0) is 13.7. The minimum absolute atomic E-state index is 0.0430. The van der Waals surface area contributed by atoms with Gasteiger partial charge in [0.25, 0.3) is 0 Å². The van der Waals surface area contributed by atoms with Crippen LogP contribution in [0.3, 0.4) is 0 Å². The Labute approximate surface area is 119 Å². The Bertz CT molecular complexity index is 283. The molecule has 0 heterocycles. The molecule has 0 spiro atoms. The topological polar surface area (TPSA) is 29.5 Å². The van der Waals surface area contributed by atoms with Crippen molar-refractivity contribution in [3.8, 4) is 0 Å². The van der Waals surface area contributed by atoms with Gasteiger partial charge in [-0.05, 0) is 27.9 Å². The zero-order valence-corrected chi connectivity index (χ0v) is 13.9. The first-order valence-electron chi connectivity index (χ1n) is 5.72. The number of carbonyl (C=O) groups excluding carboxylic acids is 1. The molecule has 0 radical (unpaired) electrons. The summed E-state index contributed by atoms with van der Waals surface area (Å²) in [6.07, 6.45) is 3.32. The van der Waals surface area contributed by atoms with E-state index in [1.165, 1.54) is 6.08 Å². The van der Waals surface area contributed by atoms with Crippen LogP contribution < -0.4 is 0 Å². The van der Waals surface area contributed by atoms with Crippen molar-refractivity contribution in [1.29, 1.82) is 0 Å². The molecule has 0 rings (SSSR count). The summed E-state index contributed by atoms with van der Waals surface area (Å²) in [5.41, 5.74) is -0.508. The molecular weight excluding hydrogens is 329 g/mol. The summed E-state index contributed by atoms with van der Waals surface area (Å²) in [5.74, 6) is -0.269. The van der Waals surface area contributed by atoms with Crippen molar-refractivity contribution >= 4 is 28.6 Å². The van der Waals surface area contributed by atoms with Gasteiger partial charge in [-0.3, -0.25) is 0 Å². The normalized spacial score (nSPS) is 13.4. The molecule has 100 valence electrons. The molecular formula is C13H24INO2. The molecule has 0 aliphatic heterocycles. The Hall–Kier alpha value is -0.100. The van der Waals surface area contributed by atoms with Gasteiger partial charge in [0.1, 0.15) is 5.60 Å². The van der Waals surface area contributed by atoms with E-state index in [-0.39, 0.29) is 11.4 Å². The van der Waals surface area contributed by atoms with Crippen molar-refractivity contribution in [1.82, 2.24) is 4.90 Å². The monoisotopic (exact) mass is 353 g/mol. The first kappa shape index (κ1) is 16.9. The van der Waals surface area contributed by atoms with Gasteiger partial charge in [-0.15, -0.1) is 0 Å². The van der Waals surface area contributed by atoms with Crippen LogP contribution in [0.4, 0.5) is 0 Å². The second kappa shape index (κ2) is 6.73. The predicted octanol–water partition coefficient (Wildman–Crippen LogP) is 2.89. The minimum Gasteiger partial charge on any atom is -0.456 e. The van der Waals surface area contributed by atoms with Crippen molar-refractivity contribution < 1.29 is 9.53 Å². The number of carbonyl (C=O) groups is 1. The Morgan fingerprint density at radius 3 is 2.24 bits per heavy atom. The first-order chi connectivity index (χ1) is 7.62. The van der Waals surface area contributed by atoms with Gasteiger partial charge in [0, 0.05) is 22.5 Å². The van der Waals surface area contributed by atoms with Gasteiger partial charge < -0.3 is 9.64 Å². The van der Waals surface area contributed by atoms with Crippen LogP contribution in [0.25, 0.3) is 0 Å². The maximum atomic E-state index is 11.7. The summed E-state index contributed by atoms with van der Waals surface area (Å²) in [5, 5.41) is 0. The lowest BCUT2D eigenvalue weighted by molar-refractivity contribution is -0.160. The van der Waals surface area contributed by atoms with Crippen LogP contribution in [0, 0.1) is 5.41 Å². The van der Waals surface area contributed by atoms with E-state index in [0.29, 0.717) is 0 Å². The maximum absolute atomic E-state index is 11.7. The summed E-state index contributed by atoms with van der Waals surface area (Å²) in [6.45, 7) is 8.88. The van der Waals surface area contributed by atoms with Crippen LogP contribution in [0.2, 0.25) is 0 Å². The highest BCUT2D eigenvalue weighted by molar-refractivity contribution is 14.1. The summed E-state index contributed by atoms with van der Waals surface area (Å²) in [4.78, 5) is 13.7. The second-order valence-corrected chi connectivity index (χ2v) is 6.38. The van der Waals surface area contributed by atoms with E-state index >= 15 is 0 Å². The van der Waals surface area contributed by atoms with Gasteiger partial charge in [0.2, 0.25) is 0 Å². The number of rotatable bonds is 6. The first-order valence-corrected chi connectivity index (χ1v) is 7.25. The van der Waals surface area contributed by atoms with Crippen LogP contribution in [-0.4, -0.2) is 41.5 Å². The molecule has 3 nitrogen and oxygen atoms in total. The van der Waals surface area contributed by atoms with E-state index in [2.05, 4.69) is 36.4 Å². The molecule has 0 aliphatic rings. The quantitative estimate of drug-likeness (QED) is 0.318. The van der Waals surface area contributed by atoms with Crippen molar-refractivity contribution in [3.05, 3.63) is 12.2 Å². The van der Waals surface area contributed by atoms with Crippen LogP contribution >= 0.6 is 22.6 Å². The fraction of sp³-hybridized carbons (Fsp3) is 0.769. The molecule has 4 heteroatoms. The SMILES string of the molecule is CN(C)C/C=C/C(=O)OC(C)(C)C(C)(C)CI. The van der Waals surface area contributed by atoms with E-state index in [4.69, 9.17) is 4.74 Å². The summed E-state index contributed by atoms with van der Waals surface area (Å²) in [6, 6.07) is 0. The van der Waals surface area contributed by atoms with Gasteiger partial charge in [0.15, 0.2) is 0 Å². The number of halogens is 1. The average Bonchev–Trinajstić information content (AvgIpc) is 2.15. The van der Waals surface area contributed by atoms with Gasteiger partial charge in [-0.1, -0.05) is 42.5 Å². The lowest BCUT2D eigenvalue weighted by Gasteiger charge is -2.39. The van der Waals surface area contributed by atoms with Crippen LogP contribution in [0.1, 0.15) is 27.7 Å². The summed E-state index contributed by atoms with van der Waals surface area (Å²) >= 11 is 2.32. The largest absolute Gasteiger partial charge is 0.456 e. The third kappa shape index (κ3) is 5.86. The zero-order valence-electron chi connectivity index (χ0n) is 11.7. The van der Waals surface area contributed by atoms with Crippen molar-refractivity contribution in [2.24, 2.45) is 5.41 Å². The Morgan fingerprint density at radius 1 is 1.29 bits per heavy atom. The van der Waals surface area contributed by atoms with E-state index in [1.807, 2.05) is 38.9 Å². The molecule has 0 fully saturated rings. The summed E-state index contributed by atoms with van der Waals surface area (Å²) in [7, 11) is 3.91. The second-order valence-electron chi connectivity index (χ2n) is 5.61. The number of likely N-dealkylation sites (N-methyl/N-ethyl adjacent to an activating group) is 1. The highest BCUT2D eigenvalue weighted by atomic mass is 127. The molecule has 0 amide bonds. The summed E-state index contributed by atoms with van der Waals surface area (Å²) < 4.78 is 6.46. The molecule has 0 aromatic rings. The Morgan fingerprint density at radius 2 is 1.82 bits per heavy atom. The van der Waals surface area contributed by atoms with Crippen molar-refractivity contribution in [2.45, 2.75) is 33.3 Å². The molecule has 0 atom stereocenters. The number of alkyl halides is 1. The standard InChI is InChI=1S/C13H24INO2/c1-12(2,10-14)13(3,4)17-11(16)8-7-9-15(5)6/h7-8H,9-10H2,1-6H3/b8-7+. The number of ether oxygens (including phenoxy) is 1. The highest BCUT2D eigenvalue weighted by Crippen LogP contribution is 2.35. The molecule has 0 N–H and O–H groups in total. The molecule has 17 heavy (non-hydrogen) atoms. The van der Waals surface area contributed by atoms with Crippen molar-refractivity contribution in [3.63, 3.8) is 0 Å². The average molecular weight is 353 g/mol. The number of hydrogen-bond acceptors (Lipinski definition) is 3. The smallest absolute Gasteiger partial charge is 0.331 e. The van der Waals surface area contributed by atoms with E-state index in [0.717, 1.165) is 11.0 Å². The van der Waals surface area contributed by atoms with Crippen molar-refractivity contribution in [2.75, 3.05) is 25.1 Å². The fourth-order valence-electron chi connectivity index (χ4n) is 0.944. The molecule has 0 bridgehead atoms. The van der Waals surface area contributed by atoms with Gasteiger partial charge in [-0.2, -0.15) is 0 Å². The van der Waals surface area contributed by atoms with Crippen LogP contribution in [0.5, 0.6) is 0 Å². The third-order valence-electron chi connectivity index (χ3n) is 3.04. The van der Waals surface area contributed by atoms with Gasteiger partial charge in [0.05, 0.1) is 0 Å². The molecule has 0 saturated heterocycles. The molecule has 0 unspecified atom stereocenters. The van der Waals surface area contributed by atoms with E-state index < -0.39 is 5.60 Å². The van der Waals surface area contributed by atoms with Crippen LogP contribution in [0.15, 0.2) is 12.2 Å². The predicted molar refractivity (Wildman–Crippen MR) is 80.5 cm³/mol. The lowest BCUT2D eigenvalue weighted by Crippen LogP contribution is -2.44.